The second-order valence-corrected chi connectivity index (χ2v) is 5.69. The maximum Gasteiger partial charge on any atom is 0.335 e. The van der Waals surface area contributed by atoms with Crippen molar-refractivity contribution in [1.82, 2.24) is 5.32 Å². The highest BCUT2D eigenvalue weighted by molar-refractivity contribution is 5.91. The summed E-state index contributed by atoms with van der Waals surface area (Å²) in [5.41, 5.74) is 0.798. The summed E-state index contributed by atoms with van der Waals surface area (Å²) in [5, 5.41) is 14.6. The van der Waals surface area contributed by atoms with Crippen molar-refractivity contribution < 1.29 is 14.7 Å². The van der Waals surface area contributed by atoms with E-state index < -0.39 is 5.97 Å². The van der Waals surface area contributed by atoms with Crippen molar-refractivity contribution in [1.29, 1.82) is 0 Å². The molecule has 0 saturated heterocycles. The van der Waals surface area contributed by atoms with Gasteiger partial charge in [-0.05, 0) is 48.9 Å². The summed E-state index contributed by atoms with van der Waals surface area (Å²) >= 11 is 0. The van der Waals surface area contributed by atoms with Gasteiger partial charge in [0.2, 0.25) is 0 Å². The van der Waals surface area contributed by atoms with Gasteiger partial charge in [-0.25, -0.2) is 9.59 Å². The van der Waals surface area contributed by atoms with Gasteiger partial charge in [0.1, 0.15) is 0 Å². The van der Waals surface area contributed by atoms with E-state index in [2.05, 4.69) is 24.5 Å². The third-order valence-electron chi connectivity index (χ3n) is 4.46. The highest BCUT2D eigenvalue weighted by atomic mass is 16.4. The molecule has 21 heavy (non-hydrogen) atoms. The minimum Gasteiger partial charge on any atom is -0.478 e. The number of nitrogens with one attached hydrogen (secondary N) is 2. The Bertz CT molecular complexity index is 513. The van der Waals surface area contributed by atoms with Crippen LogP contribution in [0.5, 0.6) is 0 Å². The lowest BCUT2D eigenvalue weighted by molar-refractivity contribution is 0.0697. The van der Waals surface area contributed by atoms with E-state index in [-0.39, 0.29) is 17.6 Å². The lowest BCUT2D eigenvalue weighted by Gasteiger charge is -2.21. The molecular formula is C16H22N2O3. The highest BCUT2D eigenvalue weighted by Gasteiger charge is 2.32. The standard InChI is InChI=1S/C16H22N2O3/c1-3-11-6-9-14(10(11)2)18-16(21)17-13-7-4-12(5-8-13)15(19)20/h4-5,7-8,10-11,14H,3,6,9H2,1-2H3,(H,19,20)(H2,17,18,21). The average Bonchev–Trinajstić information content (AvgIpc) is 2.80. The third-order valence-corrected chi connectivity index (χ3v) is 4.46. The number of carbonyl (C=O) groups is 2. The second-order valence-electron chi connectivity index (χ2n) is 5.69. The van der Waals surface area contributed by atoms with E-state index in [9.17, 15) is 9.59 Å². The number of hydrogen-bond acceptors (Lipinski definition) is 2. The minimum absolute atomic E-state index is 0.205. The van der Waals surface area contributed by atoms with Crippen molar-refractivity contribution in [3.05, 3.63) is 29.8 Å². The van der Waals surface area contributed by atoms with Crippen molar-refractivity contribution in [2.75, 3.05) is 5.32 Å². The molecule has 0 radical (unpaired) electrons. The Morgan fingerprint density at radius 3 is 2.43 bits per heavy atom. The molecular weight excluding hydrogens is 268 g/mol. The number of carboxylic acids is 1. The predicted molar refractivity (Wildman–Crippen MR) is 81.5 cm³/mol. The van der Waals surface area contributed by atoms with Crippen molar-refractivity contribution in [3.63, 3.8) is 0 Å². The first-order valence-electron chi connectivity index (χ1n) is 7.42. The van der Waals surface area contributed by atoms with Crippen molar-refractivity contribution in [3.8, 4) is 0 Å². The first kappa shape index (κ1) is 15.4. The number of anilines is 1. The molecule has 2 amide bonds. The van der Waals surface area contributed by atoms with Crippen LogP contribution in [0.1, 0.15) is 43.5 Å². The summed E-state index contributed by atoms with van der Waals surface area (Å²) in [5.74, 6) is 0.205. The maximum absolute atomic E-state index is 12.0. The topological polar surface area (TPSA) is 78.4 Å². The van der Waals surface area contributed by atoms with E-state index in [0.29, 0.717) is 17.5 Å². The largest absolute Gasteiger partial charge is 0.478 e. The monoisotopic (exact) mass is 290 g/mol. The van der Waals surface area contributed by atoms with Gasteiger partial charge in [-0.2, -0.15) is 0 Å². The summed E-state index contributed by atoms with van der Waals surface area (Å²) in [4.78, 5) is 22.7. The van der Waals surface area contributed by atoms with Crippen molar-refractivity contribution in [2.45, 2.75) is 39.2 Å². The van der Waals surface area contributed by atoms with Crippen LogP contribution in [0, 0.1) is 11.8 Å². The number of amides is 2. The van der Waals surface area contributed by atoms with Gasteiger partial charge >= 0.3 is 12.0 Å². The van der Waals surface area contributed by atoms with E-state index in [0.717, 1.165) is 19.3 Å². The SMILES string of the molecule is CCC1CCC(NC(=O)Nc2ccc(C(=O)O)cc2)C1C. The van der Waals surface area contributed by atoms with Gasteiger partial charge in [0, 0.05) is 11.7 Å². The molecule has 1 aromatic carbocycles. The smallest absolute Gasteiger partial charge is 0.335 e. The number of carboxylic acid groups (broad SMARTS) is 1. The fourth-order valence-electron chi connectivity index (χ4n) is 3.06. The van der Waals surface area contributed by atoms with E-state index in [1.807, 2.05) is 0 Å². The summed E-state index contributed by atoms with van der Waals surface area (Å²) in [6, 6.07) is 6.12. The normalized spacial score (nSPS) is 24.6. The van der Waals surface area contributed by atoms with Crippen LogP contribution in [0.2, 0.25) is 0 Å². The quantitative estimate of drug-likeness (QED) is 0.796. The molecule has 0 aliphatic heterocycles. The Hall–Kier alpha value is -2.04. The summed E-state index contributed by atoms with van der Waals surface area (Å²) in [6.07, 6.45) is 3.33. The summed E-state index contributed by atoms with van der Waals surface area (Å²) in [6.45, 7) is 4.38. The molecule has 2 rings (SSSR count). The van der Waals surface area contributed by atoms with E-state index in [1.54, 1.807) is 12.1 Å². The van der Waals surface area contributed by atoms with Crippen molar-refractivity contribution >= 4 is 17.7 Å². The van der Waals surface area contributed by atoms with Crippen LogP contribution >= 0.6 is 0 Å². The fraction of sp³-hybridized carbons (Fsp3) is 0.500. The van der Waals surface area contributed by atoms with E-state index in [1.165, 1.54) is 12.1 Å². The molecule has 5 nitrogen and oxygen atoms in total. The second kappa shape index (κ2) is 6.61. The fourth-order valence-corrected chi connectivity index (χ4v) is 3.06. The van der Waals surface area contributed by atoms with Crippen LogP contribution in [0.3, 0.4) is 0 Å². The van der Waals surface area contributed by atoms with Gasteiger partial charge < -0.3 is 15.7 Å². The summed E-state index contributed by atoms with van der Waals surface area (Å²) < 4.78 is 0. The lowest BCUT2D eigenvalue weighted by atomic mass is 9.94. The molecule has 1 aliphatic carbocycles. The number of rotatable bonds is 4. The molecule has 3 N–H and O–H groups in total. The Labute approximate surface area is 124 Å². The predicted octanol–water partition coefficient (Wildman–Crippen LogP) is 3.33. The Morgan fingerprint density at radius 1 is 1.24 bits per heavy atom. The first-order valence-corrected chi connectivity index (χ1v) is 7.42. The lowest BCUT2D eigenvalue weighted by Crippen LogP contribution is -2.40. The molecule has 3 atom stereocenters. The molecule has 1 aliphatic rings. The molecule has 0 heterocycles. The Kier molecular flexibility index (Phi) is 4.83. The minimum atomic E-state index is -0.976. The molecule has 0 spiro atoms. The summed E-state index contributed by atoms with van der Waals surface area (Å²) in [7, 11) is 0. The number of benzene rings is 1. The molecule has 0 aromatic heterocycles. The van der Waals surface area contributed by atoms with Crippen LogP contribution in [-0.4, -0.2) is 23.1 Å². The molecule has 0 bridgehead atoms. The molecule has 1 saturated carbocycles. The zero-order valence-electron chi connectivity index (χ0n) is 12.4. The van der Waals surface area contributed by atoms with Crippen LogP contribution in [0.4, 0.5) is 10.5 Å². The maximum atomic E-state index is 12.0. The number of hydrogen-bond donors (Lipinski definition) is 3. The van der Waals surface area contributed by atoms with Crippen molar-refractivity contribution in [2.24, 2.45) is 11.8 Å². The van der Waals surface area contributed by atoms with Gasteiger partial charge in [0.05, 0.1) is 5.56 Å². The molecule has 5 heteroatoms. The molecule has 1 fully saturated rings. The van der Waals surface area contributed by atoms with Crippen LogP contribution in [0.15, 0.2) is 24.3 Å². The van der Waals surface area contributed by atoms with E-state index in [4.69, 9.17) is 5.11 Å². The Morgan fingerprint density at radius 2 is 1.90 bits per heavy atom. The van der Waals surface area contributed by atoms with E-state index >= 15 is 0 Å². The molecule has 3 unspecified atom stereocenters. The van der Waals surface area contributed by atoms with Crippen LogP contribution in [0.25, 0.3) is 0 Å². The number of aromatic carboxylic acids is 1. The van der Waals surface area contributed by atoms with Crippen LogP contribution < -0.4 is 10.6 Å². The molecule has 114 valence electrons. The Balaban J connectivity index is 1.88. The van der Waals surface area contributed by atoms with Crippen LogP contribution in [-0.2, 0) is 0 Å². The first-order chi connectivity index (χ1) is 10.0. The van der Waals surface area contributed by atoms with Gasteiger partial charge in [-0.3, -0.25) is 0 Å². The van der Waals surface area contributed by atoms with Gasteiger partial charge in [-0.1, -0.05) is 20.3 Å². The zero-order valence-corrected chi connectivity index (χ0v) is 12.4. The number of carbonyl (C=O) groups excluding carboxylic acids is 1. The highest BCUT2D eigenvalue weighted by Crippen LogP contribution is 2.33. The zero-order chi connectivity index (χ0) is 15.4. The van der Waals surface area contributed by atoms with Gasteiger partial charge in [0.15, 0.2) is 0 Å². The molecule has 1 aromatic rings. The number of urea groups is 1. The van der Waals surface area contributed by atoms with Gasteiger partial charge in [-0.15, -0.1) is 0 Å². The third kappa shape index (κ3) is 3.74. The van der Waals surface area contributed by atoms with Gasteiger partial charge in [0.25, 0.3) is 0 Å². The average molecular weight is 290 g/mol.